The molecule has 0 bridgehead atoms. The molecule has 1 fully saturated rings. The van der Waals surface area contributed by atoms with E-state index in [0.29, 0.717) is 0 Å². The second-order valence-corrected chi connectivity index (χ2v) is 6.39. The Hall–Kier alpha value is -1.18. The molecule has 2 rings (SSSR count). The molecule has 2 N–H and O–H groups in total. The molecular formula is C18H28O2. The summed E-state index contributed by atoms with van der Waals surface area (Å²) in [5.41, 5.74) is 1.33. The number of phenolic OH excluding ortho intramolecular Hbond substituents is 2. The van der Waals surface area contributed by atoms with Gasteiger partial charge >= 0.3 is 0 Å². The summed E-state index contributed by atoms with van der Waals surface area (Å²) in [6.07, 6.45) is 12.6. The lowest BCUT2D eigenvalue weighted by molar-refractivity contribution is 0.264. The highest BCUT2D eigenvalue weighted by Crippen LogP contribution is 2.45. The molecule has 1 aromatic carbocycles. The van der Waals surface area contributed by atoms with E-state index in [1.165, 1.54) is 70.3 Å². The average Bonchev–Trinajstić information content (AvgIpc) is 2.44. The third-order valence-electron chi connectivity index (χ3n) is 4.83. The van der Waals surface area contributed by atoms with Gasteiger partial charge in [-0.15, -0.1) is 0 Å². The summed E-state index contributed by atoms with van der Waals surface area (Å²) in [5.74, 6) is 0.386. The summed E-state index contributed by atoms with van der Waals surface area (Å²) in [6.45, 7) is 2.24. The Labute approximate surface area is 122 Å². The van der Waals surface area contributed by atoms with E-state index in [1.54, 1.807) is 0 Å². The summed E-state index contributed by atoms with van der Waals surface area (Å²) >= 11 is 0. The zero-order valence-corrected chi connectivity index (χ0v) is 12.7. The smallest absolute Gasteiger partial charge is 0.119 e. The third-order valence-corrected chi connectivity index (χ3v) is 4.83. The van der Waals surface area contributed by atoms with Crippen LogP contribution in [-0.2, 0) is 5.41 Å². The molecule has 2 heteroatoms. The fourth-order valence-corrected chi connectivity index (χ4v) is 3.70. The molecule has 1 aromatic rings. The molecule has 0 unspecified atom stereocenters. The number of hydrogen-bond acceptors (Lipinski definition) is 2. The number of aromatic hydroxyl groups is 2. The highest BCUT2D eigenvalue weighted by atomic mass is 16.3. The minimum atomic E-state index is 0.183. The number of rotatable bonds is 6. The molecule has 0 saturated heterocycles. The lowest BCUT2D eigenvalue weighted by Crippen LogP contribution is -2.29. The van der Waals surface area contributed by atoms with Gasteiger partial charge < -0.3 is 10.2 Å². The van der Waals surface area contributed by atoms with E-state index in [9.17, 15) is 10.2 Å². The van der Waals surface area contributed by atoms with Gasteiger partial charge in [-0.1, -0.05) is 51.9 Å². The van der Waals surface area contributed by atoms with E-state index >= 15 is 0 Å². The minimum Gasteiger partial charge on any atom is -0.508 e. The number of unbranched alkanes of at least 4 members (excludes halogenated alkanes) is 3. The van der Waals surface area contributed by atoms with Gasteiger partial charge in [-0.05, 0) is 42.4 Å². The molecule has 0 aliphatic heterocycles. The summed E-state index contributed by atoms with van der Waals surface area (Å²) in [5, 5.41) is 19.6. The van der Waals surface area contributed by atoms with Gasteiger partial charge in [-0.2, -0.15) is 0 Å². The third kappa shape index (κ3) is 3.68. The van der Waals surface area contributed by atoms with Gasteiger partial charge in [0.2, 0.25) is 0 Å². The van der Waals surface area contributed by atoms with Crippen molar-refractivity contribution in [2.45, 2.75) is 76.5 Å². The van der Waals surface area contributed by atoms with Crippen LogP contribution >= 0.6 is 0 Å². The van der Waals surface area contributed by atoms with Crippen molar-refractivity contribution >= 4 is 0 Å². The number of hydrogen-bond donors (Lipinski definition) is 2. The topological polar surface area (TPSA) is 40.5 Å². The van der Waals surface area contributed by atoms with E-state index in [2.05, 4.69) is 6.92 Å². The molecule has 20 heavy (non-hydrogen) atoms. The van der Waals surface area contributed by atoms with Crippen molar-refractivity contribution in [2.24, 2.45) is 0 Å². The Morgan fingerprint density at radius 3 is 2.15 bits per heavy atom. The highest BCUT2D eigenvalue weighted by Gasteiger charge is 2.33. The molecule has 112 valence electrons. The Kier molecular flexibility index (Phi) is 5.33. The molecule has 0 spiro atoms. The Bertz CT molecular complexity index is 399. The first-order valence-electron chi connectivity index (χ1n) is 8.20. The Morgan fingerprint density at radius 1 is 0.900 bits per heavy atom. The standard InChI is InChI=1S/C18H28O2/c1-2-3-4-6-9-18(10-7-5-8-11-18)15-12-16(19)14-17(20)13-15/h12-14,19-20H,2-11H2,1H3. The van der Waals surface area contributed by atoms with Crippen LogP contribution in [0.25, 0.3) is 0 Å². The normalized spacial score (nSPS) is 18.1. The van der Waals surface area contributed by atoms with Gasteiger partial charge in [0.1, 0.15) is 11.5 Å². The van der Waals surface area contributed by atoms with Crippen molar-refractivity contribution in [1.29, 1.82) is 0 Å². The second kappa shape index (κ2) is 7.01. The minimum absolute atomic E-state index is 0.183. The van der Waals surface area contributed by atoms with Gasteiger partial charge in [0.25, 0.3) is 0 Å². The lowest BCUT2D eigenvalue weighted by atomic mass is 9.66. The van der Waals surface area contributed by atoms with Crippen molar-refractivity contribution in [3.8, 4) is 11.5 Å². The van der Waals surface area contributed by atoms with Gasteiger partial charge in [0.15, 0.2) is 0 Å². The maximum absolute atomic E-state index is 9.79. The molecule has 0 radical (unpaired) electrons. The van der Waals surface area contributed by atoms with Crippen molar-refractivity contribution in [2.75, 3.05) is 0 Å². The van der Waals surface area contributed by atoms with Crippen LogP contribution in [0.1, 0.15) is 76.7 Å². The zero-order valence-electron chi connectivity index (χ0n) is 12.7. The van der Waals surface area contributed by atoms with Gasteiger partial charge in [-0.3, -0.25) is 0 Å². The SMILES string of the molecule is CCCCCCC1(c2cc(O)cc(O)c2)CCCCC1. The first-order valence-corrected chi connectivity index (χ1v) is 8.20. The first kappa shape index (κ1) is 15.2. The molecule has 0 aromatic heterocycles. The van der Waals surface area contributed by atoms with Crippen molar-refractivity contribution in [1.82, 2.24) is 0 Å². The quantitative estimate of drug-likeness (QED) is 0.695. The van der Waals surface area contributed by atoms with Crippen LogP contribution in [0, 0.1) is 0 Å². The van der Waals surface area contributed by atoms with Gasteiger partial charge in [0, 0.05) is 6.07 Å². The summed E-state index contributed by atoms with van der Waals surface area (Å²) in [6, 6.07) is 5.16. The summed E-state index contributed by atoms with van der Waals surface area (Å²) in [4.78, 5) is 0. The highest BCUT2D eigenvalue weighted by molar-refractivity contribution is 5.40. The molecular weight excluding hydrogens is 248 g/mol. The van der Waals surface area contributed by atoms with E-state index in [0.717, 1.165) is 5.56 Å². The monoisotopic (exact) mass is 276 g/mol. The fraction of sp³-hybridized carbons (Fsp3) is 0.667. The predicted molar refractivity (Wildman–Crippen MR) is 83.3 cm³/mol. The van der Waals surface area contributed by atoms with E-state index < -0.39 is 0 Å². The fourth-order valence-electron chi connectivity index (χ4n) is 3.70. The first-order chi connectivity index (χ1) is 9.66. The van der Waals surface area contributed by atoms with Crippen LogP contribution < -0.4 is 0 Å². The number of benzene rings is 1. The number of phenols is 2. The van der Waals surface area contributed by atoms with E-state index in [-0.39, 0.29) is 16.9 Å². The molecule has 1 aliphatic carbocycles. The molecule has 2 nitrogen and oxygen atoms in total. The largest absolute Gasteiger partial charge is 0.508 e. The maximum atomic E-state index is 9.79. The summed E-state index contributed by atoms with van der Waals surface area (Å²) < 4.78 is 0. The zero-order chi connectivity index (χ0) is 14.4. The molecule has 1 saturated carbocycles. The predicted octanol–water partition coefficient (Wildman–Crippen LogP) is 5.27. The van der Waals surface area contributed by atoms with Crippen LogP contribution in [0.15, 0.2) is 18.2 Å². The van der Waals surface area contributed by atoms with Crippen LogP contribution in [-0.4, -0.2) is 10.2 Å². The Morgan fingerprint density at radius 2 is 1.55 bits per heavy atom. The van der Waals surface area contributed by atoms with Crippen molar-refractivity contribution in [3.63, 3.8) is 0 Å². The lowest BCUT2D eigenvalue weighted by Gasteiger charge is -2.38. The van der Waals surface area contributed by atoms with E-state index in [4.69, 9.17) is 0 Å². The van der Waals surface area contributed by atoms with E-state index in [1.807, 2.05) is 12.1 Å². The second-order valence-electron chi connectivity index (χ2n) is 6.39. The van der Waals surface area contributed by atoms with Crippen LogP contribution in [0.4, 0.5) is 0 Å². The maximum Gasteiger partial charge on any atom is 0.119 e. The van der Waals surface area contributed by atoms with Crippen LogP contribution in [0.3, 0.4) is 0 Å². The van der Waals surface area contributed by atoms with Gasteiger partial charge in [0.05, 0.1) is 0 Å². The molecule has 0 atom stereocenters. The van der Waals surface area contributed by atoms with Gasteiger partial charge in [-0.25, -0.2) is 0 Å². The van der Waals surface area contributed by atoms with Crippen molar-refractivity contribution in [3.05, 3.63) is 23.8 Å². The molecule has 0 amide bonds. The Balaban J connectivity index is 2.16. The average molecular weight is 276 g/mol. The summed E-state index contributed by atoms with van der Waals surface area (Å²) in [7, 11) is 0. The van der Waals surface area contributed by atoms with Crippen LogP contribution in [0.2, 0.25) is 0 Å². The van der Waals surface area contributed by atoms with Crippen molar-refractivity contribution < 1.29 is 10.2 Å². The molecule has 1 aliphatic rings. The van der Waals surface area contributed by atoms with Crippen LogP contribution in [0.5, 0.6) is 11.5 Å². The molecule has 0 heterocycles.